The number of aromatic nitrogens is 1. The summed E-state index contributed by atoms with van der Waals surface area (Å²) in [7, 11) is 0. The zero-order valence-corrected chi connectivity index (χ0v) is 18.5. The number of benzene rings is 1. The molecule has 1 nitrogen and oxygen atoms in total. The summed E-state index contributed by atoms with van der Waals surface area (Å²) in [5.74, 6) is 0.582. The Balaban J connectivity index is 0.000000394. The van der Waals surface area contributed by atoms with Crippen molar-refractivity contribution < 1.29 is 0 Å². The first-order chi connectivity index (χ1) is 13.2. The first kappa shape index (κ1) is 24.6. The van der Waals surface area contributed by atoms with Crippen molar-refractivity contribution in [1.29, 1.82) is 0 Å². The topological polar surface area (TPSA) is 12.9 Å². The SMILES string of the molecule is CC.CC.CC.CC1=CC2=CC=C(C)C2C=C1.c1ccc2ncccc2c1. The Hall–Kier alpha value is -2.41. The molecule has 1 atom stereocenters. The van der Waals surface area contributed by atoms with Crippen LogP contribution >= 0.6 is 0 Å². The van der Waals surface area contributed by atoms with E-state index in [9.17, 15) is 0 Å². The number of para-hydroxylation sites is 1. The fourth-order valence-corrected chi connectivity index (χ4v) is 2.67. The largest absolute Gasteiger partial charge is 0.256 e. The number of pyridine rings is 1. The third kappa shape index (κ3) is 7.78. The van der Waals surface area contributed by atoms with Crippen LogP contribution in [-0.4, -0.2) is 4.98 Å². The van der Waals surface area contributed by atoms with Gasteiger partial charge in [0.2, 0.25) is 0 Å². The Kier molecular flexibility index (Phi) is 13.4. The van der Waals surface area contributed by atoms with Gasteiger partial charge >= 0.3 is 0 Å². The Morgan fingerprint density at radius 2 is 1.41 bits per heavy atom. The first-order valence-corrected chi connectivity index (χ1v) is 10.3. The molecule has 0 aliphatic heterocycles. The maximum Gasteiger partial charge on any atom is 0.0701 e. The van der Waals surface area contributed by atoms with Crippen molar-refractivity contribution in [2.45, 2.75) is 55.4 Å². The summed E-state index contributed by atoms with van der Waals surface area (Å²) in [4.78, 5) is 4.18. The highest BCUT2D eigenvalue weighted by Gasteiger charge is 2.17. The number of nitrogens with zero attached hydrogens (tertiary/aromatic N) is 1. The van der Waals surface area contributed by atoms with Crippen LogP contribution in [0.4, 0.5) is 0 Å². The molecule has 0 saturated heterocycles. The molecule has 1 aromatic carbocycles. The molecule has 0 fully saturated rings. The Morgan fingerprint density at radius 3 is 2.07 bits per heavy atom. The van der Waals surface area contributed by atoms with E-state index in [4.69, 9.17) is 0 Å². The van der Waals surface area contributed by atoms with Crippen LogP contribution in [0.5, 0.6) is 0 Å². The van der Waals surface area contributed by atoms with Crippen molar-refractivity contribution in [2.24, 2.45) is 5.92 Å². The predicted octanol–water partition coefficient (Wildman–Crippen LogP) is 8.32. The van der Waals surface area contributed by atoms with E-state index in [0.29, 0.717) is 5.92 Å². The van der Waals surface area contributed by atoms with Crippen molar-refractivity contribution in [3.8, 4) is 0 Å². The third-order valence-corrected chi connectivity index (χ3v) is 3.85. The van der Waals surface area contributed by atoms with Crippen molar-refractivity contribution in [1.82, 2.24) is 4.98 Å². The standard InChI is InChI=1S/C11H12.C9H7N.3C2H6/c1-8-3-6-11-9(2)4-5-10(11)7-8;1-2-6-9-8(4-1)5-3-7-10-9;3*1-2/h3-7,11H,1-2H3;1-7H;3*1-2H3. The van der Waals surface area contributed by atoms with Gasteiger partial charge < -0.3 is 0 Å². The lowest BCUT2D eigenvalue weighted by Gasteiger charge is -2.14. The predicted molar refractivity (Wildman–Crippen MR) is 124 cm³/mol. The van der Waals surface area contributed by atoms with E-state index in [1.165, 1.54) is 22.1 Å². The molecule has 0 amide bonds. The van der Waals surface area contributed by atoms with Crippen LogP contribution < -0.4 is 0 Å². The summed E-state index contributed by atoms with van der Waals surface area (Å²) in [6.07, 6.45) is 13.0. The molecule has 0 saturated carbocycles. The van der Waals surface area contributed by atoms with E-state index in [1.54, 1.807) is 0 Å². The molecule has 146 valence electrons. The van der Waals surface area contributed by atoms with Gasteiger partial charge in [0.25, 0.3) is 0 Å². The molecule has 2 aliphatic carbocycles. The summed E-state index contributed by atoms with van der Waals surface area (Å²) >= 11 is 0. The molecule has 4 rings (SSSR count). The summed E-state index contributed by atoms with van der Waals surface area (Å²) in [5, 5.41) is 1.20. The first-order valence-electron chi connectivity index (χ1n) is 10.3. The Bertz CT molecular complexity index is 710. The van der Waals surface area contributed by atoms with Gasteiger partial charge in [0.05, 0.1) is 5.52 Å². The second kappa shape index (κ2) is 14.7. The monoisotopic (exact) mass is 363 g/mol. The van der Waals surface area contributed by atoms with Crippen LogP contribution in [0.1, 0.15) is 55.4 Å². The highest BCUT2D eigenvalue weighted by molar-refractivity contribution is 5.77. The summed E-state index contributed by atoms with van der Waals surface area (Å²) in [5.41, 5.74) is 5.32. The second-order valence-corrected chi connectivity index (χ2v) is 5.50. The van der Waals surface area contributed by atoms with Crippen molar-refractivity contribution in [3.63, 3.8) is 0 Å². The average molecular weight is 364 g/mol. The molecule has 1 heterocycles. The number of hydrogen-bond acceptors (Lipinski definition) is 1. The fourth-order valence-electron chi connectivity index (χ4n) is 2.67. The van der Waals surface area contributed by atoms with Gasteiger partial charge in [-0.05, 0) is 31.6 Å². The number of rotatable bonds is 0. The normalized spacial score (nSPS) is 15.6. The Labute approximate surface area is 167 Å². The minimum absolute atomic E-state index is 0.582. The number of allylic oxidation sites excluding steroid dienone is 8. The highest BCUT2D eigenvalue weighted by Crippen LogP contribution is 2.32. The molecule has 1 heteroatoms. The molecule has 0 N–H and O–H groups in total. The summed E-state index contributed by atoms with van der Waals surface area (Å²) < 4.78 is 0. The van der Waals surface area contributed by atoms with E-state index < -0.39 is 0 Å². The van der Waals surface area contributed by atoms with Crippen LogP contribution in [0, 0.1) is 5.92 Å². The highest BCUT2D eigenvalue weighted by atomic mass is 14.6. The quantitative estimate of drug-likeness (QED) is 0.458. The van der Waals surface area contributed by atoms with Crippen LogP contribution in [0.15, 0.2) is 89.7 Å². The smallest absolute Gasteiger partial charge is 0.0701 e. The molecule has 1 aromatic heterocycles. The van der Waals surface area contributed by atoms with Crippen molar-refractivity contribution in [2.75, 3.05) is 0 Å². The van der Waals surface area contributed by atoms with Gasteiger partial charge in [0.15, 0.2) is 0 Å². The molecule has 0 spiro atoms. The minimum Gasteiger partial charge on any atom is -0.256 e. The van der Waals surface area contributed by atoms with E-state index in [2.05, 4.69) is 61.3 Å². The molecular formula is C26H37N. The molecule has 0 radical (unpaired) electrons. The van der Waals surface area contributed by atoms with E-state index in [-0.39, 0.29) is 0 Å². The van der Waals surface area contributed by atoms with Crippen LogP contribution in [0.3, 0.4) is 0 Å². The molecule has 27 heavy (non-hydrogen) atoms. The van der Waals surface area contributed by atoms with Gasteiger partial charge in [0, 0.05) is 17.5 Å². The van der Waals surface area contributed by atoms with Crippen molar-refractivity contribution >= 4 is 10.9 Å². The maximum absolute atomic E-state index is 4.18. The lowest BCUT2D eigenvalue weighted by molar-refractivity contribution is 0.930. The van der Waals surface area contributed by atoms with E-state index >= 15 is 0 Å². The molecule has 1 unspecified atom stereocenters. The zero-order valence-electron chi connectivity index (χ0n) is 18.5. The number of hydrogen-bond donors (Lipinski definition) is 0. The van der Waals surface area contributed by atoms with Gasteiger partial charge in [-0.25, -0.2) is 0 Å². The van der Waals surface area contributed by atoms with Gasteiger partial charge in [-0.15, -0.1) is 0 Å². The van der Waals surface area contributed by atoms with Gasteiger partial charge in [0.1, 0.15) is 0 Å². The number of fused-ring (bicyclic) bond motifs is 2. The van der Waals surface area contributed by atoms with Gasteiger partial charge in [-0.1, -0.05) is 107 Å². The minimum atomic E-state index is 0.582. The summed E-state index contributed by atoms with van der Waals surface area (Å²) in [6.45, 7) is 16.3. The lowest BCUT2D eigenvalue weighted by atomic mass is 9.90. The molecule has 0 bridgehead atoms. The van der Waals surface area contributed by atoms with Crippen LogP contribution in [0.2, 0.25) is 0 Å². The van der Waals surface area contributed by atoms with Gasteiger partial charge in [-0.3, -0.25) is 4.98 Å². The third-order valence-electron chi connectivity index (χ3n) is 3.85. The Morgan fingerprint density at radius 1 is 0.778 bits per heavy atom. The van der Waals surface area contributed by atoms with E-state index in [0.717, 1.165) is 5.52 Å². The lowest BCUT2D eigenvalue weighted by Crippen LogP contribution is -2.00. The molecule has 2 aliphatic rings. The van der Waals surface area contributed by atoms with Crippen molar-refractivity contribution in [3.05, 3.63) is 89.7 Å². The average Bonchev–Trinajstić information content (AvgIpc) is 3.13. The van der Waals surface area contributed by atoms with Crippen LogP contribution in [-0.2, 0) is 0 Å². The fraction of sp³-hybridized carbons (Fsp3) is 0.346. The van der Waals surface area contributed by atoms with Gasteiger partial charge in [-0.2, -0.15) is 0 Å². The maximum atomic E-state index is 4.18. The van der Waals surface area contributed by atoms with Crippen LogP contribution in [0.25, 0.3) is 10.9 Å². The molecular weight excluding hydrogens is 326 g/mol. The zero-order chi connectivity index (χ0) is 20.7. The second-order valence-electron chi connectivity index (χ2n) is 5.50. The summed E-state index contributed by atoms with van der Waals surface area (Å²) in [6, 6.07) is 12.1. The van der Waals surface area contributed by atoms with E-state index in [1.807, 2.05) is 72.0 Å². The molecule has 2 aromatic rings.